The minimum atomic E-state index is -2.87. The van der Waals surface area contributed by atoms with Gasteiger partial charge in [-0.05, 0) is 12.8 Å². The van der Waals surface area contributed by atoms with E-state index in [1.165, 1.54) is 11.8 Å². The summed E-state index contributed by atoms with van der Waals surface area (Å²) in [5, 5.41) is 8.93. The SMILES string of the molecule is CCCN(CCO)C(=O)CSC1CCS(=O)(=O)C1. The Balaban J connectivity index is 2.35. The molecule has 1 fully saturated rings. The Kier molecular flexibility index (Phi) is 6.45. The zero-order valence-corrected chi connectivity index (χ0v) is 12.3. The van der Waals surface area contributed by atoms with E-state index in [1.54, 1.807) is 4.90 Å². The molecule has 18 heavy (non-hydrogen) atoms. The van der Waals surface area contributed by atoms with Crippen molar-refractivity contribution in [3.05, 3.63) is 0 Å². The van der Waals surface area contributed by atoms with E-state index in [0.717, 1.165) is 6.42 Å². The lowest BCUT2D eigenvalue weighted by atomic mass is 10.4. The third-order valence-electron chi connectivity index (χ3n) is 2.85. The first kappa shape index (κ1) is 15.8. The van der Waals surface area contributed by atoms with Crippen LogP contribution in [0.15, 0.2) is 0 Å². The molecule has 1 rings (SSSR count). The fraction of sp³-hybridized carbons (Fsp3) is 0.909. The molecule has 1 heterocycles. The third kappa shape index (κ3) is 5.16. The Morgan fingerprint density at radius 1 is 1.44 bits per heavy atom. The van der Waals surface area contributed by atoms with Gasteiger partial charge in [0.05, 0.1) is 23.9 Å². The van der Waals surface area contributed by atoms with Gasteiger partial charge in [0.15, 0.2) is 9.84 Å². The van der Waals surface area contributed by atoms with E-state index in [2.05, 4.69) is 0 Å². The molecule has 0 saturated carbocycles. The van der Waals surface area contributed by atoms with Crippen LogP contribution in [0.5, 0.6) is 0 Å². The van der Waals surface area contributed by atoms with Crippen molar-refractivity contribution in [1.29, 1.82) is 0 Å². The summed E-state index contributed by atoms with van der Waals surface area (Å²) in [6.07, 6.45) is 1.50. The number of nitrogens with zero attached hydrogens (tertiary/aromatic N) is 1. The van der Waals surface area contributed by atoms with Crippen molar-refractivity contribution < 1.29 is 18.3 Å². The standard InChI is InChI=1S/C11H21NO4S2/c1-2-4-12(5-6-13)11(14)8-17-10-3-7-18(15,16)9-10/h10,13H,2-9H2,1H3. The van der Waals surface area contributed by atoms with Crippen molar-refractivity contribution in [1.82, 2.24) is 4.90 Å². The Labute approximate surface area is 113 Å². The zero-order valence-electron chi connectivity index (χ0n) is 10.7. The number of amides is 1. The van der Waals surface area contributed by atoms with Gasteiger partial charge in [0.1, 0.15) is 0 Å². The monoisotopic (exact) mass is 295 g/mol. The van der Waals surface area contributed by atoms with Gasteiger partial charge in [-0.1, -0.05) is 6.92 Å². The largest absolute Gasteiger partial charge is 0.395 e. The zero-order chi connectivity index (χ0) is 13.6. The maximum absolute atomic E-state index is 11.9. The number of carbonyl (C=O) groups excluding carboxylic acids is 1. The molecule has 1 aliphatic heterocycles. The maximum Gasteiger partial charge on any atom is 0.232 e. The van der Waals surface area contributed by atoms with Gasteiger partial charge >= 0.3 is 0 Å². The summed E-state index contributed by atoms with van der Waals surface area (Å²) < 4.78 is 22.6. The van der Waals surface area contributed by atoms with Crippen LogP contribution in [0, 0.1) is 0 Å². The van der Waals surface area contributed by atoms with Crippen LogP contribution in [0.25, 0.3) is 0 Å². The maximum atomic E-state index is 11.9. The molecule has 1 amide bonds. The number of aliphatic hydroxyl groups is 1. The van der Waals surface area contributed by atoms with Gasteiger partial charge in [0.2, 0.25) is 5.91 Å². The van der Waals surface area contributed by atoms with Crippen LogP contribution < -0.4 is 0 Å². The first-order chi connectivity index (χ1) is 8.48. The van der Waals surface area contributed by atoms with E-state index in [9.17, 15) is 13.2 Å². The van der Waals surface area contributed by atoms with Gasteiger partial charge < -0.3 is 10.0 Å². The molecule has 0 aromatic carbocycles. The summed E-state index contributed by atoms with van der Waals surface area (Å²) in [5.41, 5.74) is 0. The summed E-state index contributed by atoms with van der Waals surface area (Å²) in [6, 6.07) is 0. The smallest absolute Gasteiger partial charge is 0.232 e. The molecule has 1 N–H and O–H groups in total. The van der Waals surface area contributed by atoms with Gasteiger partial charge in [-0.2, -0.15) is 0 Å². The Hall–Kier alpha value is -0.270. The summed E-state index contributed by atoms with van der Waals surface area (Å²) >= 11 is 1.42. The second kappa shape index (κ2) is 7.35. The second-order valence-electron chi connectivity index (χ2n) is 4.44. The number of hydrogen-bond acceptors (Lipinski definition) is 5. The Morgan fingerprint density at radius 2 is 2.17 bits per heavy atom. The molecule has 0 aromatic heterocycles. The lowest BCUT2D eigenvalue weighted by Crippen LogP contribution is -2.35. The molecule has 1 atom stereocenters. The molecular formula is C11H21NO4S2. The third-order valence-corrected chi connectivity index (χ3v) is 6.12. The molecular weight excluding hydrogens is 274 g/mol. The normalized spacial score (nSPS) is 22.0. The van der Waals surface area contributed by atoms with Crippen LogP contribution in [0.4, 0.5) is 0 Å². The van der Waals surface area contributed by atoms with Gasteiger partial charge in [-0.15, -0.1) is 11.8 Å². The molecule has 0 bridgehead atoms. The van der Waals surface area contributed by atoms with Crippen molar-refractivity contribution in [3.8, 4) is 0 Å². The first-order valence-electron chi connectivity index (χ1n) is 6.19. The molecule has 1 aliphatic rings. The van der Waals surface area contributed by atoms with Gasteiger partial charge in [-0.25, -0.2) is 8.42 Å². The predicted molar refractivity (Wildman–Crippen MR) is 73.5 cm³/mol. The van der Waals surface area contributed by atoms with Crippen molar-refractivity contribution in [2.45, 2.75) is 25.0 Å². The number of carbonyl (C=O) groups is 1. The highest BCUT2D eigenvalue weighted by atomic mass is 32.2. The number of rotatable bonds is 7. The highest BCUT2D eigenvalue weighted by molar-refractivity contribution is 8.02. The fourth-order valence-corrected chi connectivity index (χ4v) is 5.47. The minimum absolute atomic E-state index is 0.0137. The van der Waals surface area contributed by atoms with Gasteiger partial charge in [-0.3, -0.25) is 4.79 Å². The molecule has 0 aromatic rings. The van der Waals surface area contributed by atoms with Crippen LogP contribution in [0.3, 0.4) is 0 Å². The van der Waals surface area contributed by atoms with Crippen LogP contribution in [0.2, 0.25) is 0 Å². The second-order valence-corrected chi connectivity index (χ2v) is 7.96. The first-order valence-corrected chi connectivity index (χ1v) is 9.06. The molecule has 106 valence electrons. The highest BCUT2D eigenvalue weighted by Gasteiger charge is 2.28. The fourth-order valence-electron chi connectivity index (χ4n) is 1.92. The molecule has 7 heteroatoms. The summed E-state index contributed by atoms with van der Waals surface area (Å²) in [7, 11) is -2.87. The summed E-state index contributed by atoms with van der Waals surface area (Å²) in [5.74, 6) is 0.729. The van der Waals surface area contributed by atoms with E-state index < -0.39 is 9.84 Å². The van der Waals surface area contributed by atoms with Crippen molar-refractivity contribution >= 4 is 27.5 Å². The Bertz CT molecular complexity index is 363. The molecule has 1 unspecified atom stereocenters. The number of sulfone groups is 1. The molecule has 0 radical (unpaired) electrons. The highest BCUT2D eigenvalue weighted by Crippen LogP contribution is 2.24. The van der Waals surface area contributed by atoms with E-state index in [0.29, 0.717) is 25.3 Å². The van der Waals surface area contributed by atoms with Crippen molar-refractivity contribution in [3.63, 3.8) is 0 Å². The van der Waals surface area contributed by atoms with Crippen molar-refractivity contribution in [2.24, 2.45) is 0 Å². The molecule has 0 spiro atoms. The predicted octanol–water partition coefficient (Wildman–Crippen LogP) is 0.138. The number of aliphatic hydroxyl groups excluding tert-OH is 1. The van der Waals surface area contributed by atoms with Crippen LogP contribution >= 0.6 is 11.8 Å². The quantitative estimate of drug-likeness (QED) is 0.723. The lowest BCUT2D eigenvalue weighted by molar-refractivity contribution is -0.128. The average molecular weight is 295 g/mol. The van der Waals surface area contributed by atoms with Crippen LogP contribution in [0.1, 0.15) is 19.8 Å². The number of thioether (sulfide) groups is 1. The van der Waals surface area contributed by atoms with E-state index in [-0.39, 0.29) is 29.3 Å². The van der Waals surface area contributed by atoms with Crippen LogP contribution in [-0.4, -0.2) is 66.5 Å². The Morgan fingerprint density at radius 3 is 2.67 bits per heavy atom. The van der Waals surface area contributed by atoms with Gasteiger partial charge in [0.25, 0.3) is 0 Å². The topological polar surface area (TPSA) is 74.7 Å². The lowest BCUT2D eigenvalue weighted by Gasteiger charge is -2.21. The van der Waals surface area contributed by atoms with Crippen LogP contribution in [-0.2, 0) is 14.6 Å². The number of hydrogen-bond donors (Lipinski definition) is 1. The van der Waals surface area contributed by atoms with Crippen molar-refractivity contribution in [2.75, 3.05) is 37.0 Å². The average Bonchev–Trinajstić information content (AvgIpc) is 2.66. The van der Waals surface area contributed by atoms with E-state index in [4.69, 9.17) is 5.11 Å². The summed E-state index contributed by atoms with van der Waals surface area (Å²) in [4.78, 5) is 13.5. The van der Waals surface area contributed by atoms with E-state index >= 15 is 0 Å². The minimum Gasteiger partial charge on any atom is -0.395 e. The molecule has 0 aliphatic carbocycles. The molecule has 5 nitrogen and oxygen atoms in total. The van der Waals surface area contributed by atoms with Gasteiger partial charge in [0, 0.05) is 18.3 Å². The molecule has 1 saturated heterocycles. The van der Waals surface area contributed by atoms with E-state index in [1.807, 2.05) is 6.92 Å². The summed E-state index contributed by atoms with van der Waals surface area (Å²) in [6.45, 7) is 2.95.